The number of rotatable bonds is 3. The standard InChI is InChI=1S/C6H8Br3NO2/c1-2-3-10-5(11)12-4-6(7,8)9/h2H,1,3-4H2,(H,10,11). The molecule has 0 aliphatic carbocycles. The number of amides is 1. The van der Waals surface area contributed by atoms with E-state index < -0.39 is 8.24 Å². The molecular formula is C6H8Br3NO2. The molecule has 0 rings (SSSR count). The first-order valence-corrected chi connectivity index (χ1v) is 5.42. The van der Waals surface area contributed by atoms with Gasteiger partial charge < -0.3 is 10.1 Å². The SMILES string of the molecule is C=CCNC(=O)OCC(Br)(Br)Br. The largest absolute Gasteiger partial charge is 0.446 e. The normalized spacial score (nSPS) is 10.6. The lowest BCUT2D eigenvalue weighted by atomic mass is 10.6. The van der Waals surface area contributed by atoms with Crippen molar-refractivity contribution in [3.05, 3.63) is 12.7 Å². The molecular weight excluding hydrogens is 358 g/mol. The second-order valence-corrected chi connectivity index (χ2v) is 9.11. The molecule has 12 heavy (non-hydrogen) atoms. The van der Waals surface area contributed by atoms with Crippen LogP contribution < -0.4 is 5.32 Å². The van der Waals surface area contributed by atoms with E-state index in [1.807, 2.05) is 0 Å². The van der Waals surface area contributed by atoms with Crippen LogP contribution in [-0.2, 0) is 4.74 Å². The molecule has 0 heterocycles. The van der Waals surface area contributed by atoms with Gasteiger partial charge in [-0.1, -0.05) is 53.9 Å². The fourth-order valence-corrected chi connectivity index (χ4v) is 0.697. The minimum Gasteiger partial charge on any atom is -0.446 e. The summed E-state index contributed by atoms with van der Waals surface area (Å²) in [5.41, 5.74) is 0. The van der Waals surface area contributed by atoms with E-state index in [0.29, 0.717) is 6.54 Å². The summed E-state index contributed by atoms with van der Waals surface area (Å²) in [7, 11) is 0. The first-order chi connectivity index (χ1) is 5.45. The van der Waals surface area contributed by atoms with Gasteiger partial charge in [-0.3, -0.25) is 0 Å². The molecule has 0 saturated heterocycles. The molecule has 0 aromatic heterocycles. The molecule has 0 fully saturated rings. The molecule has 0 aliphatic heterocycles. The average molecular weight is 366 g/mol. The number of ether oxygens (including phenoxy) is 1. The predicted octanol–water partition coefficient (Wildman–Crippen LogP) is 2.74. The predicted molar refractivity (Wildman–Crippen MR) is 59.1 cm³/mol. The van der Waals surface area contributed by atoms with Gasteiger partial charge in [-0.2, -0.15) is 0 Å². The Labute approximate surface area is 96.3 Å². The van der Waals surface area contributed by atoms with Crippen LogP contribution in [0.4, 0.5) is 4.79 Å². The van der Waals surface area contributed by atoms with Crippen molar-refractivity contribution >= 4 is 53.9 Å². The van der Waals surface area contributed by atoms with E-state index in [4.69, 9.17) is 4.74 Å². The van der Waals surface area contributed by atoms with Crippen LogP contribution in [0, 0.1) is 0 Å². The first kappa shape index (κ1) is 12.4. The van der Waals surface area contributed by atoms with E-state index >= 15 is 0 Å². The van der Waals surface area contributed by atoms with Crippen molar-refractivity contribution in [2.75, 3.05) is 13.2 Å². The highest BCUT2D eigenvalue weighted by Crippen LogP contribution is 2.33. The topological polar surface area (TPSA) is 38.3 Å². The molecule has 0 saturated carbocycles. The summed E-state index contributed by atoms with van der Waals surface area (Å²) >= 11 is 9.55. The number of alkyl carbamates (subject to hydrolysis) is 1. The lowest BCUT2D eigenvalue weighted by Crippen LogP contribution is -2.27. The molecule has 0 unspecified atom stereocenters. The Morgan fingerprint density at radius 1 is 1.58 bits per heavy atom. The van der Waals surface area contributed by atoms with Crippen molar-refractivity contribution in [1.82, 2.24) is 5.32 Å². The third-order valence-corrected chi connectivity index (χ3v) is 1.44. The van der Waals surface area contributed by atoms with Crippen molar-refractivity contribution in [3.8, 4) is 0 Å². The maximum Gasteiger partial charge on any atom is 0.407 e. The zero-order valence-corrected chi connectivity index (χ0v) is 10.9. The van der Waals surface area contributed by atoms with Crippen LogP contribution in [0.3, 0.4) is 0 Å². The van der Waals surface area contributed by atoms with E-state index in [1.165, 1.54) is 0 Å². The Kier molecular flexibility index (Phi) is 6.21. The molecule has 0 radical (unpaired) electrons. The Hall–Kier alpha value is 0.450. The fraction of sp³-hybridized carbons (Fsp3) is 0.500. The zero-order chi connectivity index (χ0) is 9.61. The number of halogens is 3. The lowest BCUT2D eigenvalue weighted by molar-refractivity contribution is 0.152. The van der Waals surface area contributed by atoms with Crippen LogP contribution >= 0.6 is 47.8 Å². The van der Waals surface area contributed by atoms with Gasteiger partial charge in [0.1, 0.15) is 6.61 Å². The van der Waals surface area contributed by atoms with Gasteiger partial charge in [0, 0.05) is 6.54 Å². The lowest BCUT2D eigenvalue weighted by Gasteiger charge is -2.12. The Balaban J connectivity index is 3.51. The van der Waals surface area contributed by atoms with Crippen LogP contribution in [0.25, 0.3) is 0 Å². The monoisotopic (exact) mass is 363 g/mol. The second kappa shape index (κ2) is 5.99. The number of carbonyl (C=O) groups excluding carboxylic acids is 1. The zero-order valence-electron chi connectivity index (χ0n) is 6.15. The van der Waals surface area contributed by atoms with Crippen LogP contribution in [-0.4, -0.2) is 21.4 Å². The molecule has 6 heteroatoms. The third-order valence-electron chi connectivity index (χ3n) is 0.758. The minimum absolute atomic E-state index is 0.177. The smallest absolute Gasteiger partial charge is 0.407 e. The van der Waals surface area contributed by atoms with Crippen molar-refractivity contribution in [3.63, 3.8) is 0 Å². The molecule has 3 nitrogen and oxygen atoms in total. The maximum atomic E-state index is 10.8. The quantitative estimate of drug-likeness (QED) is 0.617. The third kappa shape index (κ3) is 8.55. The molecule has 0 aliphatic rings. The van der Waals surface area contributed by atoms with E-state index in [0.717, 1.165) is 0 Å². The fourth-order valence-electron chi connectivity index (χ4n) is 0.354. The summed E-state index contributed by atoms with van der Waals surface area (Å²) in [5.74, 6) is 0. The minimum atomic E-state index is -0.543. The van der Waals surface area contributed by atoms with Crippen LogP contribution in [0.5, 0.6) is 0 Å². The molecule has 0 spiro atoms. The maximum absolute atomic E-state index is 10.8. The van der Waals surface area contributed by atoms with Gasteiger partial charge in [0.25, 0.3) is 0 Å². The summed E-state index contributed by atoms with van der Waals surface area (Å²) in [5, 5.41) is 2.46. The van der Waals surface area contributed by atoms with Gasteiger partial charge >= 0.3 is 6.09 Å². The first-order valence-electron chi connectivity index (χ1n) is 3.04. The van der Waals surface area contributed by atoms with E-state index in [1.54, 1.807) is 6.08 Å². The number of carbonyl (C=O) groups is 1. The number of nitrogens with one attached hydrogen (secondary N) is 1. The average Bonchev–Trinajstić information content (AvgIpc) is 1.95. The van der Waals surface area contributed by atoms with Crippen molar-refractivity contribution < 1.29 is 9.53 Å². The Morgan fingerprint density at radius 3 is 2.58 bits per heavy atom. The van der Waals surface area contributed by atoms with Crippen molar-refractivity contribution in [1.29, 1.82) is 0 Å². The summed E-state index contributed by atoms with van der Waals surface area (Å²) in [6.45, 7) is 4.02. The highest BCUT2D eigenvalue weighted by atomic mass is 80.0. The van der Waals surface area contributed by atoms with Gasteiger partial charge in [-0.25, -0.2) is 4.79 Å². The summed E-state index contributed by atoms with van der Waals surface area (Å²) in [4.78, 5) is 10.8. The molecule has 0 aromatic rings. The van der Waals surface area contributed by atoms with Crippen molar-refractivity contribution in [2.45, 2.75) is 2.14 Å². The van der Waals surface area contributed by atoms with E-state index in [-0.39, 0.29) is 6.61 Å². The number of hydrogen-bond acceptors (Lipinski definition) is 2. The molecule has 0 bridgehead atoms. The highest BCUT2D eigenvalue weighted by Gasteiger charge is 2.19. The summed E-state index contributed by atoms with van der Waals surface area (Å²) < 4.78 is 4.23. The summed E-state index contributed by atoms with van der Waals surface area (Å²) in [6.07, 6.45) is 1.10. The molecule has 1 N–H and O–H groups in total. The van der Waals surface area contributed by atoms with E-state index in [2.05, 4.69) is 59.7 Å². The van der Waals surface area contributed by atoms with Gasteiger partial charge in [-0.05, 0) is 0 Å². The van der Waals surface area contributed by atoms with Gasteiger partial charge in [0.05, 0.1) is 0 Å². The molecule has 0 aromatic carbocycles. The number of alkyl halides is 3. The molecule has 0 atom stereocenters. The number of hydrogen-bond donors (Lipinski definition) is 1. The van der Waals surface area contributed by atoms with E-state index in [9.17, 15) is 4.79 Å². The van der Waals surface area contributed by atoms with Crippen LogP contribution in [0.2, 0.25) is 0 Å². The van der Waals surface area contributed by atoms with Crippen LogP contribution in [0.15, 0.2) is 12.7 Å². The van der Waals surface area contributed by atoms with Gasteiger partial charge in [0.15, 0.2) is 2.14 Å². The second-order valence-electron chi connectivity index (χ2n) is 1.86. The van der Waals surface area contributed by atoms with Crippen LogP contribution in [0.1, 0.15) is 0 Å². The molecule has 70 valence electrons. The van der Waals surface area contributed by atoms with Gasteiger partial charge in [0.2, 0.25) is 0 Å². The highest BCUT2D eigenvalue weighted by molar-refractivity contribution is 9.39. The summed E-state index contributed by atoms with van der Waals surface area (Å²) in [6, 6.07) is 0. The van der Waals surface area contributed by atoms with Gasteiger partial charge in [-0.15, -0.1) is 6.58 Å². The Bertz CT molecular complexity index is 167. The Morgan fingerprint density at radius 2 is 2.17 bits per heavy atom. The van der Waals surface area contributed by atoms with Crippen molar-refractivity contribution in [2.24, 2.45) is 0 Å². The molecule has 1 amide bonds.